The number of carbonyl (C=O) groups is 2. The normalized spacial score (nSPS) is 8.62. The molecule has 0 heterocycles. The van der Waals surface area contributed by atoms with E-state index in [1.165, 1.54) is 22.2 Å². The lowest BCUT2D eigenvalue weighted by atomic mass is 10.8. The summed E-state index contributed by atoms with van der Waals surface area (Å²) in [5.74, 6) is 0. The number of rotatable bonds is 8. The minimum atomic E-state index is 0.0607. The van der Waals surface area contributed by atoms with Gasteiger partial charge in [0.25, 0.3) is 0 Å². The molecule has 0 atom stereocenters. The predicted octanol–water partition coefficient (Wildman–Crippen LogP) is 0.122. The molecular weight excluding hydrogens is 172 g/mol. The van der Waals surface area contributed by atoms with Crippen LogP contribution in [0.4, 0.5) is 0 Å². The molecule has 0 spiro atoms. The van der Waals surface area contributed by atoms with Crippen molar-refractivity contribution in [3.05, 3.63) is 25.6 Å². The summed E-state index contributed by atoms with van der Waals surface area (Å²) < 4.78 is 4.97. The first-order chi connectivity index (χ1) is 6.28. The van der Waals surface area contributed by atoms with E-state index in [0.29, 0.717) is 12.8 Å². The highest BCUT2D eigenvalue weighted by Gasteiger charge is 1.97. The van der Waals surface area contributed by atoms with Gasteiger partial charge in [-0.1, -0.05) is 13.2 Å². The molecule has 0 unspecified atom stereocenters. The minimum absolute atomic E-state index is 0.0607. The molecule has 0 saturated heterocycles. The average molecular weight is 184 g/mol. The highest BCUT2D eigenvalue weighted by molar-refractivity contribution is 5.48. The third kappa shape index (κ3) is 4.76. The molecule has 0 N–H and O–H groups in total. The van der Waals surface area contributed by atoms with Crippen LogP contribution in [0.25, 0.3) is 0 Å². The Kier molecular flexibility index (Phi) is 6.17. The molecule has 0 rings (SSSR count). The standard InChI is InChI=1S/C8H12N2O3/c1-3-9(5-11)7-13-8-10(4-2)6-12/h3-6H,1-2,7-8H2. The van der Waals surface area contributed by atoms with Crippen molar-refractivity contribution < 1.29 is 14.3 Å². The van der Waals surface area contributed by atoms with Crippen molar-refractivity contribution in [1.82, 2.24) is 9.80 Å². The Labute approximate surface area is 76.9 Å². The third-order valence-electron chi connectivity index (χ3n) is 1.22. The second kappa shape index (κ2) is 7.05. The zero-order valence-electron chi connectivity index (χ0n) is 7.26. The molecule has 0 bridgehead atoms. The van der Waals surface area contributed by atoms with E-state index in [1.807, 2.05) is 0 Å². The summed E-state index contributed by atoms with van der Waals surface area (Å²) >= 11 is 0. The molecule has 5 heteroatoms. The number of amides is 2. The molecular formula is C8H12N2O3. The van der Waals surface area contributed by atoms with Gasteiger partial charge in [-0.15, -0.1) is 0 Å². The maximum atomic E-state index is 10.2. The summed E-state index contributed by atoms with van der Waals surface area (Å²) in [6.07, 6.45) is 3.80. The van der Waals surface area contributed by atoms with Gasteiger partial charge in [0.15, 0.2) is 0 Å². The Morgan fingerprint density at radius 2 is 1.38 bits per heavy atom. The Morgan fingerprint density at radius 3 is 1.62 bits per heavy atom. The van der Waals surface area contributed by atoms with E-state index in [9.17, 15) is 9.59 Å². The summed E-state index contributed by atoms with van der Waals surface area (Å²) in [4.78, 5) is 22.8. The molecule has 0 aliphatic heterocycles. The van der Waals surface area contributed by atoms with Crippen molar-refractivity contribution in [1.29, 1.82) is 0 Å². The predicted molar refractivity (Wildman–Crippen MR) is 47.0 cm³/mol. The van der Waals surface area contributed by atoms with Gasteiger partial charge in [-0.2, -0.15) is 0 Å². The van der Waals surface area contributed by atoms with E-state index in [-0.39, 0.29) is 13.5 Å². The SMILES string of the molecule is C=CN(C=O)COCN(C=C)C=O. The van der Waals surface area contributed by atoms with Gasteiger partial charge in [0.2, 0.25) is 12.8 Å². The number of nitrogens with zero attached hydrogens (tertiary/aromatic N) is 2. The monoisotopic (exact) mass is 184 g/mol. The Hall–Kier alpha value is -1.62. The molecule has 0 aliphatic carbocycles. The highest BCUT2D eigenvalue weighted by Crippen LogP contribution is 1.88. The molecule has 0 fully saturated rings. The maximum Gasteiger partial charge on any atom is 0.215 e. The summed E-state index contributed by atoms with van der Waals surface area (Å²) in [6, 6.07) is 0. The van der Waals surface area contributed by atoms with E-state index >= 15 is 0 Å². The van der Waals surface area contributed by atoms with Crippen LogP contribution in [0.5, 0.6) is 0 Å². The van der Waals surface area contributed by atoms with Crippen molar-refractivity contribution in [2.75, 3.05) is 13.5 Å². The summed E-state index contributed by atoms with van der Waals surface area (Å²) in [5, 5.41) is 0. The van der Waals surface area contributed by atoms with E-state index in [1.54, 1.807) is 0 Å². The van der Waals surface area contributed by atoms with Crippen molar-refractivity contribution in [2.45, 2.75) is 0 Å². The van der Waals surface area contributed by atoms with E-state index in [0.717, 1.165) is 0 Å². The average Bonchev–Trinajstić information content (AvgIpc) is 2.19. The second-order valence-corrected chi connectivity index (χ2v) is 2.07. The fourth-order valence-electron chi connectivity index (χ4n) is 0.504. The topological polar surface area (TPSA) is 49.9 Å². The summed E-state index contributed by atoms with van der Waals surface area (Å²) in [5.41, 5.74) is 0. The van der Waals surface area contributed by atoms with Gasteiger partial charge in [0, 0.05) is 12.4 Å². The molecule has 0 aliphatic rings. The Bertz CT molecular complexity index is 158. The van der Waals surface area contributed by atoms with E-state index < -0.39 is 0 Å². The zero-order valence-corrected chi connectivity index (χ0v) is 7.26. The first kappa shape index (κ1) is 11.4. The number of ether oxygens (including phenoxy) is 1. The van der Waals surface area contributed by atoms with E-state index in [2.05, 4.69) is 13.2 Å². The quantitative estimate of drug-likeness (QED) is 0.397. The van der Waals surface area contributed by atoms with Gasteiger partial charge < -0.3 is 4.74 Å². The van der Waals surface area contributed by atoms with Crippen LogP contribution < -0.4 is 0 Å². The second-order valence-electron chi connectivity index (χ2n) is 2.07. The minimum Gasteiger partial charge on any atom is -0.340 e. The fourth-order valence-corrected chi connectivity index (χ4v) is 0.504. The smallest absolute Gasteiger partial charge is 0.215 e. The molecule has 0 saturated carbocycles. The molecule has 2 amide bonds. The molecule has 0 aromatic carbocycles. The molecule has 0 aromatic rings. The summed E-state index contributed by atoms with van der Waals surface area (Å²) in [7, 11) is 0. The maximum absolute atomic E-state index is 10.2. The van der Waals surface area contributed by atoms with Gasteiger partial charge in [-0.05, 0) is 0 Å². The first-order valence-corrected chi connectivity index (χ1v) is 3.53. The first-order valence-electron chi connectivity index (χ1n) is 3.53. The largest absolute Gasteiger partial charge is 0.340 e. The number of hydrogen-bond donors (Lipinski definition) is 0. The van der Waals surface area contributed by atoms with Crippen LogP contribution in [0.15, 0.2) is 25.6 Å². The van der Waals surface area contributed by atoms with Crippen LogP contribution in [0.1, 0.15) is 0 Å². The van der Waals surface area contributed by atoms with Gasteiger partial charge in [-0.3, -0.25) is 19.4 Å². The molecule has 72 valence electrons. The third-order valence-corrected chi connectivity index (χ3v) is 1.22. The molecule has 5 nitrogen and oxygen atoms in total. The van der Waals surface area contributed by atoms with Gasteiger partial charge in [0.05, 0.1) is 0 Å². The van der Waals surface area contributed by atoms with Crippen LogP contribution in [0, 0.1) is 0 Å². The highest BCUT2D eigenvalue weighted by atomic mass is 16.5. The fraction of sp³-hybridized carbons (Fsp3) is 0.250. The molecule has 0 aromatic heterocycles. The van der Waals surface area contributed by atoms with E-state index in [4.69, 9.17) is 4.74 Å². The summed E-state index contributed by atoms with van der Waals surface area (Å²) in [6.45, 7) is 6.88. The van der Waals surface area contributed by atoms with Crippen LogP contribution in [-0.4, -0.2) is 36.1 Å². The zero-order chi connectivity index (χ0) is 10.1. The Balaban J connectivity index is 3.63. The van der Waals surface area contributed by atoms with Gasteiger partial charge in [0.1, 0.15) is 13.5 Å². The Morgan fingerprint density at radius 1 is 1.00 bits per heavy atom. The van der Waals surface area contributed by atoms with Crippen molar-refractivity contribution in [3.8, 4) is 0 Å². The van der Waals surface area contributed by atoms with Crippen molar-refractivity contribution in [2.24, 2.45) is 0 Å². The van der Waals surface area contributed by atoms with Crippen LogP contribution in [0.2, 0.25) is 0 Å². The van der Waals surface area contributed by atoms with Crippen molar-refractivity contribution >= 4 is 12.8 Å². The van der Waals surface area contributed by atoms with Crippen LogP contribution >= 0.6 is 0 Å². The van der Waals surface area contributed by atoms with Crippen molar-refractivity contribution in [3.63, 3.8) is 0 Å². The molecule has 0 radical (unpaired) electrons. The lowest BCUT2D eigenvalue weighted by molar-refractivity contribution is -0.125. The van der Waals surface area contributed by atoms with Crippen LogP contribution in [0.3, 0.4) is 0 Å². The van der Waals surface area contributed by atoms with Gasteiger partial charge in [-0.25, -0.2) is 0 Å². The van der Waals surface area contributed by atoms with Crippen LogP contribution in [-0.2, 0) is 14.3 Å². The molecule has 13 heavy (non-hydrogen) atoms. The number of hydrogen-bond acceptors (Lipinski definition) is 3. The number of carbonyl (C=O) groups excluding carboxylic acids is 2. The lowest BCUT2D eigenvalue weighted by Gasteiger charge is -2.15. The van der Waals surface area contributed by atoms with Gasteiger partial charge >= 0.3 is 0 Å². The lowest BCUT2D eigenvalue weighted by Crippen LogP contribution is -2.24.